The summed E-state index contributed by atoms with van der Waals surface area (Å²) >= 11 is 1.70. The molecule has 0 saturated heterocycles. The molecule has 0 amide bonds. The summed E-state index contributed by atoms with van der Waals surface area (Å²) in [4.78, 5) is 9.71. The van der Waals surface area contributed by atoms with Crippen LogP contribution in [0, 0.1) is 12.8 Å². The normalized spacial score (nSPS) is 12.4. The molecule has 1 aromatic carbocycles. The molecule has 0 saturated carbocycles. The summed E-state index contributed by atoms with van der Waals surface area (Å²) in [6.45, 7) is 7.10. The van der Waals surface area contributed by atoms with Crippen molar-refractivity contribution in [2.45, 2.75) is 27.0 Å². The van der Waals surface area contributed by atoms with E-state index >= 15 is 0 Å². The van der Waals surface area contributed by atoms with Crippen molar-refractivity contribution in [2.24, 2.45) is 10.9 Å². The van der Waals surface area contributed by atoms with Crippen LogP contribution < -0.4 is 10.6 Å². The number of aromatic nitrogens is 1. The Morgan fingerprint density at radius 1 is 1.28 bits per heavy atom. The summed E-state index contributed by atoms with van der Waals surface area (Å²) in [7, 11) is 1.78. The van der Waals surface area contributed by atoms with Gasteiger partial charge in [-0.15, -0.1) is 35.3 Å². The summed E-state index contributed by atoms with van der Waals surface area (Å²) in [6, 6.07) is 10.2. The minimum Gasteiger partial charge on any atom is -0.376 e. The quantitative estimate of drug-likeness (QED) is 0.349. The van der Waals surface area contributed by atoms with Crippen LogP contribution in [-0.2, 0) is 17.9 Å². The molecule has 0 aliphatic rings. The number of halogens is 1. The lowest BCUT2D eigenvalue weighted by molar-refractivity contribution is 0.0931. The van der Waals surface area contributed by atoms with Crippen molar-refractivity contribution in [1.29, 1.82) is 0 Å². The monoisotopic (exact) mass is 474 g/mol. The maximum Gasteiger partial charge on any atom is 0.191 e. The lowest BCUT2D eigenvalue weighted by Crippen LogP contribution is -2.39. The second-order valence-electron chi connectivity index (χ2n) is 5.76. The average molecular weight is 474 g/mol. The fourth-order valence-corrected chi connectivity index (χ4v) is 2.90. The molecule has 0 fully saturated rings. The number of aryl methyl sites for hydroxylation is 1. The van der Waals surface area contributed by atoms with Gasteiger partial charge in [0.1, 0.15) is 0 Å². The van der Waals surface area contributed by atoms with Gasteiger partial charge < -0.3 is 15.4 Å². The van der Waals surface area contributed by atoms with E-state index < -0.39 is 0 Å². The van der Waals surface area contributed by atoms with E-state index in [1.165, 1.54) is 10.4 Å². The molecule has 7 heteroatoms. The average Bonchev–Trinajstić information content (AvgIpc) is 3.01. The van der Waals surface area contributed by atoms with Gasteiger partial charge in [-0.05, 0) is 18.4 Å². The molecule has 5 nitrogen and oxygen atoms in total. The highest BCUT2D eigenvalue weighted by molar-refractivity contribution is 14.0. The molecule has 0 aliphatic carbocycles. The molecule has 2 aromatic rings. The molecule has 2 N–H and O–H groups in total. The van der Waals surface area contributed by atoms with Crippen LogP contribution in [0.1, 0.15) is 22.4 Å². The molecule has 2 rings (SSSR count). The first-order valence-corrected chi connectivity index (χ1v) is 8.96. The van der Waals surface area contributed by atoms with Gasteiger partial charge in [-0.1, -0.05) is 37.3 Å². The van der Waals surface area contributed by atoms with Gasteiger partial charge in [-0.25, -0.2) is 4.98 Å². The first-order chi connectivity index (χ1) is 11.7. The van der Waals surface area contributed by atoms with E-state index in [0.29, 0.717) is 19.1 Å². The summed E-state index contributed by atoms with van der Waals surface area (Å²) in [5, 5.41) is 7.73. The van der Waals surface area contributed by atoms with Crippen molar-refractivity contribution in [3.63, 3.8) is 0 Å². The molecule has 1 aromatic heterocycles. The number of benzene rings is 1. The molecule has 1 atom stereocenters. The SMILES string of the molecule is CN=C(NCc1cnc(C)s1)NCC(C)COCc1ccccc1.I. The zero-order valence-electron chi connectivity index (χ0n) is 15.0. The van der Waals surface area contributed by atoms with E-state index in [2.05, 4.69) is 39.7 Å². The fraction of sp³-hybridized carbons (Fsp3) is 0.444. The smallest absolute Gasteiger partial charge is 0.191 e. The van der Waals surface area contributed by atoms with Crippen LogP contribution in [0.5, 0.6) is 0 Å². The van der Waals surface area contributed by atoms with Gasteiger partial charge in [0.15, 0.2) is 5.96 Å². The Bertz CT molecular complexity index is 633. The Hall–Kier alpha value is -1.19. The summed E-state index contributed by atoms with van der Waals surface area (Å²) in [6.07, 6.45) is 1.90. The Morgan fingerprint density at radius 3 is 2.68 bits per heavy atom. The molecule has 0 aliphatic heterocycles. The maximum absolute atomic E-state index is 5.77. The zero-order valence-corrected chi connectivity index (χ0v) is 18.1. The summed E-state index contributed by atoms with van der Waals surface area (Å²) in [5.74, 6) is 1.20. The first kappa shape index (κ1) is 21.9. The third-order valence-electron chi connectivity index (χ3n) is 3.45. The Balaban J connectivity index is 0.00000312. The van der Waals surface area contributed by atoms with Crippen molar-refractivity contribution in [3.8, 4) is 0 Å². The number of nitrogens with zero attached hydrogens (tertiary/aromatic N) is 2. The number of guanidine groups is 1. The van der Waals surface area contributed by atoms with E-state index in [1.807, 2.05) is 31.3 Å². The topological polar surface area (TPSA) is 58.5 Å². The van der Waals surface area contributed by atoms with E-state index in [9.17, 15) is 0 Å². The van der Waals surface area contributed by atoms with Crippen molar-refractivity contribution in [1.82, 2.24) is 15.6 Å². The molecular weight excluding hydrogens is 447 g/mol. The molecule has 0 radical (unpaired) electrons. The van der Waals surface area contributed by atoms with Crippen LogP contribution in [0.4, 0.5) is 0 Å². The fourth-order valence-electron chi connectivity index (χ4n) is 2.16. The van der Waals surface area contributed by atoms with Gasteiger partial charge in [0.05, 0.1) is 24.8 Å². The number of hydrogen-bond acceptors (Lipinski definition) is 4. The van der Waals surface area contributed by atoms with Crippen molar-refractivity contribution >= 4 is 41.3 Å². The van der Waals surface area contributed by atoms with Gasteiger partial charge >= 0.3 is 0 Å². The van der Waals surface area contributed by atoms with Gasteiger partial charge in [-0.3, -0.25) is 4.99 Å². The highest BCUT2D eigenvalue weighted by Crippen LogP contribution is 2.10. The number of rotatable bonds is 8. The number of thiazole rings is 1. The molecule has 0 bridgehead atoms. The molecular formula is C18H27IN4OS. The van der Waals surface area contributed by atoms with E-state index in [1.54, 1.807) is 18.4 Å². The molecule has 0 spiro atoms. The second-order valence-corrected chi connectivity index (χ2v) is 7.08. The van der Waals surface area contributed by atoms with Crippen LogP contribution in [0.15, 0.2) is 41.5 Å². The largest absolute Gasteiger partial charge is 0.376 e. The maximum atomic E-state index is 5.77. The Labute approximate surface area is 171 Å². The van der Waals surface area contributed by atoms with Crippen molar-refractivity contribution < 1.29 is 4.74 Å². The molecule has 138 valence electrons. The van der Waals surface area contributed by atoms with Crippen LogP contribution in [0.3, 0.4) is 0 Å². The van der Waals surface area contributed by atoms with Gasteiger partial charge in [-0.2, -0.15) is 0 Å². The van der Waals surface area contributed by atoms with E-state index in [0.717, 1.165) is 24.1 Å². The lowest BCUT2D eigenvalue weighted by Gasteiger charge is -2.16. The number of hydrogen-bond donors (Lipinski definition) is 2. The van der Waals surface area contributed by atoms with Gasteiger partial charge in [0.25, 0.3) is 0 Å². The number of aliphatic imine (C=N–C) groups is 1. The zero-order chi connectivity index (χ0) is 17.2. The molecule has 1 heterocycles. The number of ether oxygens (including phenoxy) is 1. The van der Waals surface area contributed by atoms with Crippen LogP contribution in [-0.4, -0.2) is 31.1 Å². The minimum absolute atomic E-state index is 0. The summed E-state index contributed by atoms with van der Waals surface area (Å²) in [5.41, 5.74) is 1.20. The van der Waals surface area contributed by atoms with Gasteiger partial charge in [0.2, 0.25) is 0 Å². The highest BCUT2D eigenvalue weighted by atomic mass is 127. The van der Waals surface area contributed by atoms with E-state index in [-0.39, 0.29) is 24.0 Å². The summed E-state index contributed by atoms with van der Waals surface area (Å²) < 4.78 is 5.77. The minimum atomic E-state index is 0. The van der Waals surface area contributed by atoms with Crippen LogP contribution in [0.25, 0.3) is 0 Å². The second kappa shape index (κ2) is 12.2. The Morgan fingerprint density at radius 2 is 2.04 bits per heavy atom. The molecule has 25 heavy (non-hydrogen) atoms. The van der Waals surface area contributed by atoms with Gasteiger partial charge in [0, 0.05) is 24.7 Å². The lowest BCUT2D eigenvalue weighted by atomic mass is 10.2. The third kappa shape index (κ3) is 8.64. The van der Waals surface area contributed by atoms with Crippen molar-refractivity contribution in [2.75, 3.05) is 20.2 Å². The standard InChI is InChI=1S/C18H26N4OS.HI/c1-14(12-23-13-16-7-5-4-6-8-16)9-21-18(19-3)22-11-17-10-20-15(2)24-17;/h4-8,10,14H,9,11-13H2,1-3H3,(H2,19,21,22);1H. The first-order valence-electron chi connectivity index (χ1n) is 8.15. The molecule has 1 unspecified atom stereocenters. The van der Waals surface area contributed by atoms with Crippen molar-refractivity contribution in [3.05, 3.63) is 52.0 Å². The van der Waals surface area contributed by atoms with Crippen LogP contribution >= 0.6 is 35.3 Å². The number of nitrogens with one attached hydrogen (secondary N) is 2. The Kier molecular flexibility index (Phi) is 10.7. The van der Waals surface area contributed by atoms with E-state index in [4.69, 9.17) is 4.74 Å². The van der Waals surface area contributed by atoms with Crippen LogP contribution in [0.2, 0.25) is 0 Å². The predicted molar refractivity (Wildman–Crippen MR) is 116 cm³/mol. The third-order valence-corrected chi connectivity index (χ3v) is 4.37. The predicted octanol–water partition coefficient (Wildman–Crippen LogP) is 3.59. The highest BCUT2D eigenvalue weighted by Gasteiger charge is 2.05.